The van der Waals surface area contributed by atoms with Crippen LogP contribution in [0, 0.1) is 33.5 Å². The molecule has 0 heterocycles. The fraction of sp³-hybridized carbons (Fsp3) is 0.833. The van der Waals surface area contributed by atoms with Gasteiger partial charge in [-0.25, -0.2) is 0 Å². The number of carboxylic acid groups (broad SMARTS) is 1. The zero-order valence-electron chi connectivity index (χ0n) is 17.8. The van der Waals surface area contributed by atoms with Crippen molar-refractivity contribution >= 4 is 11.9 Å². The lowest BCUT2D eigenvalue weighted by Crippen LogP contribution is -2.58. The van der Waals surface area contributed by atoms with Gasteiger partial charge < -0.3 is 9.84 Å². The number of esters is 1. The van der Waals surface area contributed by atoms with Gasteiger partial charge in [-0.1, -0.05) is 39.3 Å². The molecule has 4 aliphatic carbocycles. The van der Waals surface area contributed by atoms with Crippen LogP contribution in [-0.2, 0) is 14.3 Å². The smallest absolute Gasteiger partial charge is 0.317 e. The van der Waals surface area contributed by atoms with Gasteiger partial charge in [0, 0.05) is 5.41 Å². The summed E-state index contributed by atoms with van der Waals surface area (Å²) in [5, 5.41) is 8.87. The molecule has 156 valence electrons. The van der Waals surface area contributed by atoms with Gasteiger partial charge in [0.25, 0.3) is 0 Å². The largest absolute Gasteiger partial charge is 0.481 e. The quantitative estimate of drug-likeness (QED) is 0.391. The predicted octanol–water partition coefficient (Wildman–Crippen LogP) is 5.36. The molecule has 0 aromatic carbocycles. The predicted molar refractivity (Wildman–Crippen MR) is 108 cm³/mol. The third-order valence-electron chi connectivity index (χ3n) is 9.39. The highest BCUT2D eigenvalue weighted by atomic mass is 16.5. The average molecular weight is 389 g/mol. The number of allylic oxidation sites excluding steroid dienone is 2. The lowest BCUT2D eigenvalue weighted by atomic mass is 9.40. The second-order valence-corrected chi connectivity index (χ2v) is 10.9. The van der Waals surface area contributed by atoms with Crippen LogP contribution in [0.5, 0.6) is 0 Å². The third-order valence-corrected chi connectivity index (χ3v) is 9.39. The minimum atomic E-state index is -1.11. The average Bonchev–Trinajstić information content (AvgIpc) is 2.88. The van der Waals surface area contributed by atoms with Crippen molar-refractivity contribution in [2.45, 2.75) is 85.0 Å². The van der Waals surface area contributed by atoms with Crippen molar-refractivity contribution in [3.63, 3.8) is 0 Å². The van der Waals surface area contributed by atoms with Crippen molar-refractivity contribution in [3.05, 3.63) is 12.2 Å². The number of carboxylic acids is 1. The van der Waals surface area contributed by atoms with E-state index < -0.39 is 18.4 Å². The van der Waals surface area contributed by atoms with Crippen molar-refractivity contribution in [3.8, 4) is 0 Å². The van der Waals surface area contributed by atoms with Crippen molar-refractivity contribution in [1.29, 1.82) is 0 Å². The Morgan fingerprint density at radius 1 is 1.07 bits per heavy atom. The van der Waals surface area contributed by atoms with Gasteiger partial charge in [0.1, 0.15) is 6.42 Å². The Morgan fingerprint density at radius 3 is 2.54 bits per heavy atom. The Morgan fingerprint density at radius 2 is 1.82 bits per heavy atom. The summed E-state index contributed by atoms with van der Waals surface area (Å²) in [5.41, 5.74) is 1.09. The zero-order valence-corrected chi connectivity index (χ0v) is 17.8. The molecule has 6 atom stereocenters. The van der Waals surface area contributed by atoms with Crippen molar-refractivity contribution in [2.24, 2.45) is 33.5 Å². The second-order valence-electron chi connectivity index (χ2n) is 10.9. The SMILES string of the molecule is CC[C@]1(COC(=O)CC(=O)O)CCC[C@@]2(C)C3CC[C@]4(C)C=C[C@@]3(CCC12)C4. The highest BCUT2D eigenvalue weighted by Crippen LogP contribution is 2.72. The van der Waals surface area contributed by atoms with E-state index in [1.807, 2.05) is 0 Å². The van der Waals surface area contributed by atoms with E-state index in [1.165, 1.54) is 44.9 Å². The van der Waals surface area contributed by atoms with E-state index in [0.717, 1.165) is 18.8 Å². The number of carbonyl (C=O) groups is 2. The molecule has 0 aromatic rings. The molecule has 0 amide bonds. The molecule has 28 heavy (non-hydrogen) atoms. The van der Waals surface area contributed by atoms with E-state index in [0.29, 0.717) is 28.8 Å². The van der Waals surface area contributed by atoms with Crippen molar-refractivity contribution < 1.29 is 19.4 Å². The minimum Gasteiger partial charge on any atom is -0.481 e. The normalized spacial score (nSPS) is 46.5. The van der Waals surface area contributed by atoms with Crippen LogP contribution in [0.15, 0.2) is 12.2 Å². The van der Waals surface area contributed by atoms with Crippen LogP contribution < -0.4 is 0 Å². The molecule has 4 nitrogen and oxygen atoms in total. The summed E-state index contributed by atoms with van der Waals surface area (Å²) in [4.78, 5) is 22.8. The van der Waals surface area contributed by atoms with Crippen LogP contribution in [0.25, 0.3) is 0 Å². The van der Waals surface area contributed by atoms with Gasteiger partial charge in [-0.2, -0.15) is 0 Å². The third kappa shape index (κ3) is 2.93. The van der Waals surface area contributed by atoms with E-state index in [2.05, 4.69) is 32.9 Å². The molecule has 0 radical (unpaired) electrons. The maximum atomic E-state index is 11.9. The first-order valence-corrected chi connectivity index (χ1v) is 11.2. The van der Waals surface area contributed by atoms with Crippen LogP contribution in [0.1, 0.15) is 85.0 Å². The molecule has 1 N–H and O–H groups in total. The van der Waals surface area contributed by atoms with Gasteiger partial charge in [-0.15, -0.1) is 0 Å². The number of ether oxygens (including phenoxy) is 1. The van der Waals surface area contributed by atoms with Crippen LogP contribution in [-0.4, -0.2) is 23.7 Å². The molecule has 4 heteroatoms. The molecule has 4 rings (SSSR count). The van der Waals surface area contributed by atoms with Gasteiger partial charge >= 0.3 is 11.9 Å². The summed E-state index contributed by atoms with van der Waals surface area (Å²) in [7, 11) is 0. The van der Waals surface area contributed by atoms with Crippen molar-refractivity contribution in [2.75, 3.05) is 6.61 Å². The van der Waals surface area contributed by atoms with Gasteiger partial charge in [0.05, 0.1) is 6.61 Å². The summed E-state index contributed by atoms with van der Waals surface area (Å²) in [6, 6.07) is 0. The van der Waals surface area contributed by atoms with E-state index >= 15 is 0 Å². The fourth-order valence-corrected chi connectivity index (χ4v) is 8.17. The monoisotopic (exact) mass is 388 g/mol. The van der Waals surface area contributed by atoms with Crippen LogP contribution in [0.2, 0.25) is 0 Å². The van der Waals surface area contributed by atoms with Gasteiger partial charge in [0.2, 0.25) is 0 Å². The number of aliphatic carboxylic acids is 1. The Bertz CT molecular complexity index is 699. The van der Waals surface area contributed by atoms with E-state index in [9.17, 15) is 9.59 Å². The highest BCUT2D eigenvalue weighted by Gasteiger charge is 2.64. The molecule has 0 aliphatic heterocycles. The second kappa shape index (κ2) is 6.60. The maximum absolute atomic E-state index is 11.9. The first-order chi connectivity index (χ1) is 13.2. The van der Waals surface area contributed by atoms with Crippen LogP contribution in [0.4, 0.5) is 0 Å². The van der Waals surface area contributed by atoms with E-state index in [4.69, 9.17) is 9.84 Å². The van der Waals surface area contributed by atoms with Crippen LogP contribution in [0.3, 0.4) is 0 Å². The molecule has 0 aromatic heterocycles. The topological polar surface area (TPSA) is 63.6 Å². The van der Waals surface area contributed by atoms with Crippen LogP contribution >= 0.6 is 0 Å². The Hall–Kier alpha value is -1.32. The highest BCUT2D eigenvalue weighted by molar-refractivity contribution is 5.90. The molecule has 4 aliphatic rings. The van der Waals surface area contributed by atoms with Crippen molar-refractivity contribution in [1.82, 2.24) is 0 Å². The van der Waals surface area contributed by atoms with Gasteiger partial charge in [0.15, 0.2) is 0 Å². The zero-order chi connectivity index (χ0) is 20.2. The number of hydrogen-bond donors (Lipinski definition) is 1. The summed E-state index contributed by atoms with van der Waals surface area (Å²) < 4.78 is 5.56. The molecule has 1 spiro atoms. The lowest BCUT2D eigenvalue weighted by Gasteiger charge is -2.65. The Balaban J connectivity index is 1.58. The lowest BCUT2D eigenvalue weighted by molar-refractivity contribution is -0.177. The molecule has 0 saturated heterocycles. The standard InChI is InChI=1S/C24H36O4/c1-4-23(16-28-20(27)14-19(25)26)9-5-8-22(3)17(23)7-11-24-13-12-21(2,15-24)10-6-18(22)24/h12-13,17-18H,4-11,14-16H2,1-3H3,(H,25,26)/t17?,18?,21-,22-,23-,24+/m1/s1. The summed E-state index contributed by atoms with van der Waals surface area (Å²) in [5.74, 6) is -0.411. The number of fused-ring (bicyclic) bond motifs is 3. The van der Waals surface area contributed by atoms with Gasteiger partial charge in [-0.05, 0) is 79.4 Å². The Kier molecular flexibility index (Phi) is 4.71. The number of carbonyl (C=O) groups excluding carboxylic acids is 1. The summed E-state index contributed by atoms with van der Waals surface area (Å²) in [6.07, 6.45) is 15.5. The molecule has 2 unspecified atom stereocenters. The summed E-state index contributed by atoms with van der Waals surface area (Å²) >= 11 is 0. The maximum Gasteiger partial charge on any atom is 0.317 e. The molecule has 3 fully saturated rings. The first kappa shape index (κ1) is 20.0. The first-order valence-electron chi connectivity index (χ1n) is 11.2. The van der Waals surface area contributed by atoms with Gasteiger partial charge in [-0.3, -0.25) is 9.59 Å². The fourth-order valence-electron chi connectivity index (χ4n) is 8.17. The number of rotatable bonds is 5. The summed E-state index contributed by atoms with van der Waals surface area (Å²) in [6.45, 7) is 7.58. The van der Waals surface area contributed by atoms with E-state index in [-0.39, 0.29) is 5.41 Å². The number of hydrogen-bond acceptors (Lipinski definition) is 3. The Labute approximate surface area is 169 Å². The molecular weight excluding hydrogens is 352 g/mol. The van der Waals surface area contributed by atoms with E-state index in [1.54, 1.807) is 0 Å². The molecule has 2 bridgehead atoms. The minimum absolute atomic E-state index is 0.00580. The molecular formula is C24H36O4. The molecule has 3 saturated carbocycles.